The van der Waals surface area contributed by atoms with E-state index in [0.717, 1.165) is 16.6 Å². The largest absolute Gasteiger partial charge is 0.271 e. The van der Waals surface area contributed by atoms with Crippen molar-refractivity contribution in [1.29, 1.82) is 0 Å². The van der Waals surface area contributed by atoms with Gasteiger partial charge in [0.25, 0.3) is 0 Å². The normalized spacial score (nSPS) is 24.6. The van der Waals surface area contributed by atoms with Gasteiger partial charge in [0, 0.05) is 16.7 Å². The molecule has 0 radical (unpaired) electrons. The van der Waals surface area contributed by atoms with Gasteiger partial charge in [-0.15, -0.1) is 11.8 Å². The van der Waals surface area contributed by atoms with Crippen LogP contribution in [0.2, 0.25) is 0 Å². The third-order valence-corrected chi connectivity index (χ3v) is 5.59. The average molecular weight is 296 g/mol. The summed E-state index contributed by atoms with van der Waals surface area (Å²) in [5.41, 5.74) is 2.97. The van der Waals surface area contributed by atoms with Gasteiger partial charge in [0.1, 0.15) is 5.82 Å². The van der Waals surface area contributed by atoms with E-state index in [1.165, 1.54) is 38.2 Å². The number of hydrazine groups is 1. The zero-order chi connectivity index (χ0) is 14.4. The Morgan fingerprint density at radius 3 is 2.70 bits per heavy atom. The van der Waals surface area contributed by atoms with Crippen LogP contribution in [0.5, 0.6) is 0 Å². The van der Waals surface area contributed by atoms with Crippen LogP contribution in [0.1, 0.15) is 39.0 Å². The molecule has 0 aliphatic heterocycles. The number of thioether (sulfide) groups is 1. The fourth-order valence-electron chi connectivity index (χ4n) is 3.06. The van der Waals surface area contributed by atoms with Crippen molar-refractivity contribution < 1.29 is 4.39 Å². The van der Waals surface area contributed by atoms with E-state index in [0.29, 0.717) is 12.0 Å². The van der Waals surface area contributed by atoms with Crippen molar-refractivity contribution in [1.82, 2.24) is 5.43 Å². The first kappa shape index (κ1) is 15.8. The molecular formula is C16H25FN2S. The van der Waals surface area contributed by atoms with Crippen LogP contribution in [0.15, 0.2) is 29.2 Å². The summed E-state index contributed by atoms with van der Waals surface area (Å²) in [5, 5.41) is 0. The number of nitrogens with two attached hydrogens (primary N) is 1. The highest BCUT2D eigenvalue weighted by Crippen LogP contribution is 2.34. The lowest BCUT2D eigenvalue weighted by atomic mass is 9.78. The van der Waals surface area contributed by atoms with E-state index in [-0.39, 0.29) is 5.82 Å². The Morgan fingerprint density at radius 1 is 1.35 bits per heavy atom. The van der Waals surface area contributed by atoms with Gasteiger partial charge in [0.2, 0.25) is 0 Å². The zero-order valence-corrected chi connectivity index (χ0v) is 13.0. The molecule has 1 aliphatic carbocycles. The maximum absolute atomic E-state index is 13.2. The number of rotatable bonds is 6. The van der Waals surface area contributed by atoms with Crippen molar-refractivity contribution in [3.05, 3.63) is 30.1 Å². The van der Waals surface area contributed by atoms with Crippen LogP contribution in [0.3, 0.4) is 0 Å². The highest BCUT2D eigenvalue weighted by atomic mass is 32.2. The minimum Gasteiger partial charge on any atom is -0.271 e. The summed E-state index contributed by atoms with van der Waals surface area (Å²) in [6.07, 6.45) is 6.47. The minimum atomic E-state index is -0.171. The number of benzene rings is 1. The predicted molar refractivity (Wildman–Crippen MR) is 84.0 cm³/mol. The number of halogens is 1. The van der Waals surface area contributed by atoms with Gasteiger partial charge in [0.15, 0.2) is 0 Å². The van der Waals surface area contributed by atoms with Gasteiger partial charge in [-0.05, 0) is 42.9 Å². The van der Waals surface area contributed by atoms with Gasteiger partial charge in [-0.25, -0.2) is 4.39 Å². The molecule has 0 aromatic heterocycles. The van der Waals surface area contributed by atoms with E-state index in [9.17, 15) is 4.39 Å². The summed E-state index contributed by atoms with van der Waals surface area (Å²) >= 11 is 1.68. The quantitative estimate of drug-likeness (QED) is 0.474. The molecule has 0 amide bonds. The van der Waals surface area contributed by atoms with E-state index < -0.39 is 0 Å². The second-order valence-electron chi connectivity index (χ2n) is 5.73. The molecule has 1 atom stereocenters. The Hall–Kier alpha value is -0.580. The smallest absolute Gasteiger partial charge is 0.124 e. The summed E-state index contributed by atoms with van der Waals surface area (Å²) < 4.78 is 13.2. The summed E-state index contributed by atoms with van der Waals surface area (Å²) in [6, 6.07) is 7.10. The van der Waals surface area contributed by atoms with E-state index >= 15 is 0 Å². The average Bonchev–Trinajstić information content (AvgIpc) is 2.48. The molecule has 1 aromatic rings. The standard InChI is InChI=1S/C16H25FN2S/c1-2-12-6-8-13(9-7-12)16(19-18)11-20-15-5-3-4-14(17)10-15/h3-5,10,12-13,16,19H,2,6-9,11,18H2,1H3. The van der Waals surface area contributed by atoms with Crippen LogP contribution >= 0.6 is 11.8 Å². The van der Waals surface area contributed by atoms with Crippen molar-refractivity contribution in [3.63, 3.8) is 0 Å². The lowest BCUT2D eigenvalue weighted by Crippen LogP contribution is -2.44. The highest BCUT2D eigenvalue weighted by molar-refractivity contribution is 7.99. The molecule has 112 valence electrons. The van der Waals surface area contributed by atoms with Crippen molar-refractivity contribution in [3.8, 4) is 0 Å². The molecule has 1 aromatic carbocycles. The molecule has 20 heavy (non-hydrogen) atoms. The third-order valence-electron chi connectivity index (χ3n) is 4.48. The molecule has 0 bridgehead atoms. The minimum absolute atomic E-state index is 0.171. The van der Waals surface area contributed by atoms with E-state index in [1.807, 2.05) is 6.07 Å². The second kappa shape index (κ2) is 8.01. The van der Waals surface area contributed by atoms with Crippen LogP contribution in [0, 0.1) is 17.7 Å². The molecule has 3 N–H and O–H groups in total. The third kappa shape index (κ3) is 4.47. The lowest BCUT2D eigenvalue weighted by molar-refractivity contribution is 0.228. The number of nitrogens with one attached hydrogen (secondary N) is 1. The van der Waals surface area contributed by atoms with Gasteiger partial charge < -0.3 is 0 Å². The van der Waals surface area contributed by atoms with Crippen LogP contribution in [-0.4, -0.2) is 11.8 Å². The van der Waals surface area contributed by atoms with Gasteiger partial charge >= 0.3 is 0 Å². The first-order chi connectivity index (χ1) is 9.72. The molecule has 1 unspecified atom stereocenters. The summed E-state index contributed by atoms with van der Waals surface area (Å²) in [6.45, 7) is 2.28. The maximum Gasteiger partial charge on any atom is 0.124 e. The molecule has 4 heteroatoms. The Morgan fingerprint density at radius 2 is 2.10 bits per heavy atom. The Balaban J connectivity index is 1.83. The summed E-state index contributed by atoms with van der Waals surface area (Å²) in [7, 11) is 0. The molecule has 1 fully saturated rings. The number of hydrogen-bond acceptors (Lipinski definition) is 3. The second-order valence-corrected chi connectivity index (χ2v) is 6.82. The van der Waals surface area contributed by atoms with Gasteiger partial charge in [-0.1, -0.05) is 32.3 Å². The van der Waals surface area contributed by atoms with Crippen molar-refractivity contribution in [2.24, 2.45) is 17.7 Å². The van der Waals surface area contributed by atoms with Gasteiger partial charge in [-0.2, -0.15) is 0 Å². The SMILES string of the molecule is CCC1CCC(C(CSc2cccc(F)c2)NN)CC1. The van der Waals surface area contributed by atoms with Gasteiger partial charge in [-0.3, -0.25) is 11.3 Å². The van der Waals surface area contributed by atoms with Crippen molar-refractivity contribution in [2.75, 3.05) is 5.75 Å². The zero-order valence-electron chi connectivity index (χ0n) is 12.1. The Labute approximate surface area is 125 Å². The van der Waals surface area contributed by atoms with Crippen molar-refractivity contribution in [2.45, 2.75) is 50.0 Å². The molecule has 1 aliphatic rings. The fourth-order valence-corrected chi connectivity index (χ4v) is 4.17. The molecule has 0 spiro atoms. The van der Waals surface area contributed by atoms with E-state index in [1.54, 1.807) is 23.9 Å². The number of hydrogen-bond donors (Lipinski definition) is 2. The summed E-state index contributed by atoms with van der Waals surface area (Å²) in [5.74, 6) is 8.02. The molecule has 2 nitrogen and oxygen atoms in total. The Kier molecular flexibility index (Phi) is 6.33. The molecule has 1 saturated carbocycles. The molecule has 0 saturated heterocycles. The van der Waals surface area contributed by atoms with Crippen molar-refractivity contribution >= 4 is 11.8 Å². The van der Waals surface area contributed by atoms with Crippen LogP contribution in [0.4, 0.5) is 4.39 Å². The van der Waals surface area contributed by atoms with Crippen LogP contribution < -0.4 is 11.3 Å². The summed E-state index contributed by atoms with van der Waals surface area (Å²) in [4.78, 5) is 0.979. The van der Waals surface area contributed by atoms with Crippen LogP contribution in [0.25, 0.3) is 0 Å². The fraction of sp³-hybridized carbons (Fsp3) is 0.625. The monoisotopic (exact) mass is 296 g/mol. The molecule has 0 heterocycles. The highest BCUT2D eigenvalue weighted by Gasteiger charge is 2.26. The lowest BCUT2D eigenvalue weighted by Gasteiger charge is -2.33. The van der Waals surface area contributed by atoms with Gasteiger partial charge in [0.05, 0.1) is 0 Å². The first-order valence-corrected chi connectivity index (χ1v) is 8.56. The van der Waals surface area contributed by atoms with E-state index in [2.05, 4.69) is 12.3 Å². The Bertz CT molecular complexity index is 405. The maximum atomic E-state index is 13.2. The topological polar surface area (TPSA) is 38.0 Å². The molecular weight excluding hydrogens is 271 g/mol. The van der Waals surface area contributed by atoms with E-state index in [4.69, 9.17) is 5.84 Å². The first-order valence-electron chi connectivity index (χ1n) is 7.57. The van der Waals surface area contributed by atoms with Crippen LogP contribution in [-0.2, 0) is 0 Å². The predicted octanol–water partition coefficient (Wildman–Crippen LogP) is 3.97. The molecule has 2 rings (SSSR count).